The maximum Gasteiger partial charge on any atom is 0.306 e. The van der Waals surface area contributed by atoms with Crippen LogP contribution in [-0.4, -0.2) is 38.4 Å². The van der Waals surface area contributed by atoms with Crippen LogP contribution in [0.25, 0.3) is 0 Å². The summed E-state index contributed by atoms with van der Waals surface area (Å²) in [5, 5.41) is 11.4. The molecule has 0 radical (unpaired) electrons. The van der Waals surface area contributed by atoms with E-state index in [-0.39, 0.29) is 24.3 Å². The quantitative estimate of drug-likeness (QED) is 0.455. The molecular formula is C25H33N5O4. The van der Waals surface area contributed by atoms with E-state index >= 15 is 0 Å². The van der Waals surface area contributed by atoms with Crippen molar-refractivity contribution in [2.75, 3.05) is 6.61 Å². The van der Waals surface area contributed by atoms with Crippen molar-refractivity contribution in [3.63, 3.8) is 0 Å². The van der Waals surface area contributed by atoms with Crippen molar-refractivity contribution in [1.29, 1.82) is 0 Å². The Morgan fingerprint density at radius 3 is 2.56 bits per heavy atom. The third-order valence-electron chi connectivity index (χ3n) is 5.44. The Morgan fingerprint density at radius 1 is 1.15 bits per heavy atom. The highest BCUT2D eigenvalue weighted by molar-refractivity contribution is 5.80. The van der Waals surface area contributed by atoms with Gasteiger partial charge in [-0.25, -0.2) is 0 Å². The third kappa shape index (κ3) is 7.00. The summed E-state index contributed by atoms with van der Waals surface area (Å²) in [7, 11) is 0. The molecule has 0 saturated heterocycles. The number of ether oxygens (including phenoxy) is 1. The first-order valence-electron chi connectivity index (χ1n) is 11.5. The van der Waals surface area contributed by atoms with Gasteiger partial charge in [-0.15, -0.1) is 0 Å². The molecule has 3 rings (SSSR count). The highest BCUT2D eigenvalue weighted by Crippen LogP contribution is 2.19. The monoisotopic (exact) mass is 467 g/mol. The van der Waals surface area contributed by atoms with Gasteiger partial charge in [-0.1, -0.05) is 56.3 Å². The Morgan fingerprint density at radius 2 is 1.88 bits per heavy atom. The number of hydrogen-bond donors (Lipinski definition) is 1. The first-order valence-corrected chi connectivity index (χ1v) is 11.5. The van der Waals surface area contributed by atoms with Crippen LogP contribution in [0.2, 0.25) is 0 Å². The molecule has 182 valence electrons. The van der Waals surface area contributed by atoms with E-state index in [2.05, 4.69) is 32.7 Å². The fraction of sp³-hybridized carbons (Fsp3) is 0.480. The molecule has 2 aromatic heterocycles. The largest absolute Gasteiger partial charge is 0.456 e. The highest BCUT2D eigenvalue weighted by atomic mass is 16.5. The van der Waals surface area contributed by atoms with Gasteiger partial charge in [0.15, 0.2) is 12.4 Å². The lowest BCUT2D eigenvalue weighted by atomic mass is 9.96. The number of benzene rings is 1. The number of aryl methyl sites for hydroxylation is 2. The molecule has 0 saturated carbocycles. The Labute approximate surface area is 199 Å². The van der Waals surface area contributed by atoms with Gasteiger partial charge in [0.25, 0.3) is 5.91 Å². The number of amides is 1. The molecule has 9 heteroatoms. The molecule has 0 fully saturated rings. The van der Waals surface area contributed by atoms with E-state index in [9.17, 15) is 9.59 Å². The van der Waals surface area contributed by atoms with E-state index in [0.29, 0.717) is 37.6 Å². The van der Waals surface area contributed by atoms with Gasteiger partial charge in [0.1, 0.15) is 0 Å². The zero-order valence-corrected chi connectivity index (χ0v) is 20.6. The molecule has 34 heavy (non-hydrogen) atoms. The number of rotatable bonds is 10. The standard InChI is InChI=1S/C25H33N5O4/c1-17-20(18(2)30(28-17)15-19-10-7-6-8-11-19)14-26-21(31)16-33-23(32)13-9-12-22-27-24(29-34-22)25(3,4)5/h6-8,10-11H,9,12-16H2,1-5H3,(H,26,31). The number of carbonyl (C=O) groups excluding carboxylic acids is 2. The van der Waals surface area contributed by atoms with Crippen LogP contribution in [0.5, 0.6) is 0 Å². The van der Waals surface area contributed by atoms with Gasteiger partial charge in [-0.05, 0) is 25.8 Å². The molecule has 9 nitrogen and oxygen atoms in total. The summed E-state index contributed by atoms with van der Waals surface area (Å²) in [5.74, 6) is 0.343. The number of nitrogens with one attached hydrogen (secondary N) is 1. The highest BCUT2D eigenvalue weighted by Gasteiger charge is 2.21. The molecule has 0 unspecified atom stereocenters. The predicted octanol–water partition coefficient (Wildman–Crippen LogP) is 3.41. The zero-order chi connectivity index (χ0) is 24.7. The van der Waals surface area contributed by atoms with Crippen LogP contribution in [0.4, 0.5) is 0 Å². The number of aromatic nitrogens is 4. The second-order valence-electron chi connectivity index (χ2n) is 9.35. The van der Waals surface area contributed by atoms with E-state index in [0.717, 1.165) is 22.5 Å². The Bertz CT molecular complexity index is 1110. The van der Waals surface area contributed by atoms with Crippen molar-refractivity contribution in [2.45, 2.75) is 72.4 Å². The molecule has 1 N–H and O–H groups in total. The SMILES string of the molecule is Cc1nn(Cc2ccccc2)c(C)c1CNC(=O)COC(=O)CCCc1nc(C(C)(C)C)no1. The van der Waals surface area contributed by atoms with E-state index in [1.54, 1.807) is 0 Å². The maximum absolute atomic E-state index is 12.2. The van der Waals surface area contributed by atoms with Gasteiger partial charge in [0, 0.05) is 36.1 Å². The molecule has 0 aliphatic rings. The second-order valence-corrected chi connectivity index (χ2v) is 9.35. The van der Waals surface area contributed by atoms with Crippen LogP contribution >= 0.6 is 0 Å². The van der Waals surface area contributed by atoms with Crippen molar-refractivity contribution < 1.29 is 18.8 Å². The fourth-order valence-corrected chi connectivity index (χ4v) is 3.40. The Kier molecular flexibility index (Phi) is 8.20. The summed E-state index contributed by atoms with van der Waals surface area (Å²) in [4.78, 5) is 28.5. The van der Waals surface area contributed by atoms with Crippen LogP contribution < -0.4 is 5.32 Å². The lowest BCUT2D eigenvalue weighted by Crippen LogP contribution is -2.28. The van der Waals surface area contributed by atoms with Crippen molar-refractivity contribution >= 4 is 11.9 Å². The minimum atomic E-state index is -0.436. The van der Waals surface area contributed by atoms with Gasteiger partial charge in [0.2, 0.25) is 5.89 Å². The molecule has 3 aromatic rings. The molecule has 0 atom stereocenters. The molecule has 0 spiro atoms. The first-order chi connectivity index (χ1) is 16.1. The number of nitrogens with zero attached hydrogens (tertiary/aromatic N) is 4. The third-order valence-corrected chi connectivity index (χ3v) is 5.44. The predicted molar refractivity (Wildman–Crippen MR) is 126 cm³/mol. The minimum Gasteiger partial charge on any atom is -0.456 e. The molecule has 2 heterocycles. The van der Waals surface area contributed by atoms with Crippen molar-refractivity contribution in [3.8, 4) is 0 Å². The van der Waals surface area contributed by atoms with E-state index in [1.807, 2.05) is 57.5 Å². The Hall–Kier alpha value is -3.49. The molecule has 1 amide bonds. The average molecular weight is 468 g/mol. The first kappa shape index (κ1) is 25.1. The molecule has 1 aromatic carbocycles. The van der Waals surface area contributed by atoms with Gasteiger partial charge >= 0.3 is 5.97 Å². The summed E-state index contributed by atoms with van der Waals surface area (Å²) < 4.78 is 12.2. The van der Waals surface area contributed by atoms with E-state index in [4.69, 9.17) is 9.26 Å². The van der Waals surface area contributed by atoms with Crippen LogP contribution in [0, 0.1) is 13.8 Å². The summed E-state index contributed by atoms with van der Waals surface area (Å²) >= 11 is 0. The topological polar surface area (TPSA) is 112 Å². The van der Waals surface area contributed by atoms with Gasteiger partial charge in [-0.3, -0.25) is 14.3 Å². The zero-order valence-electron chi connectivity index (χ0n) is 20.6. The normalized spacial score (nSPS) is 11.4. The molecule has 0 aliphatic carbocycles. The maximum atomic E-state index is 12.2. The summed E-state index contributed by atoms with van der Waals surface area (Å²) in [6, 6.07) is 10.1. The lowest BCUT2D eigenvalue weighted by molar-refractivity contribution is -0.148. The lowest BCUT2D eigenvalue weighted by Gasteiger charge is -2.10. The van der Waals surface area contributed by atoms with Crippen LogP contribution in [0.15, 0.2) is 34.9 Å². The summed E-state index contributed by atoms with van der Waals surface area (Å²) in [6.45, 7) is 10.6. The average Bonchev–Trinajstić information content (AvgIpc) is 3.37. The number of hydrogen-bond acceptors (Lipinski definition) is 7. The Balaban J connectivity index is 1.39. The second kappa shape index (κ2) is 11.1. The van der Waals surface area contributed by atoms with E-state index in [1.165, 1.54) is 0 Å². The minimum absolute atomic E-state index is 0.172. The molecule has 0 bridgehead atoms. The van der Waals surface area contributed by atoms with Gasteiger partial charge < -0.3 is 14.6 Å². The molecular weight excluding hydrogens is 434 g/mol. The van der Waals surface area contributed by atoms with Crippen molar-refractivity contribution in [1.82, 2.24) is 25.2 Å². The number of esters is 1. The summed E-state index contributed by atoms with van der Waals surface area (Å²) in [5.41, 5.74) is 3.79. The van der Waals surface area contributed by atoms with Crippen molar-refractivity contribution in [2.24, 2.45) is 0 Å². The molecule has 0 aliphatic heterocycles. The van der Waals surface area contributed by atoms with E-state index < -0.39 is 5.97 Å². The van der Waals surface area contributed by atoms with Gasteiger partial charge in [-0.2, -0.15) is 10.1 Å². The van der Waals surface area contributed by atoms with Gasteiger partial charge in [0.05, 0.1) is 12.2 Å². The summed E-state index contributed by atoms with van der Waals surface area (Å²) in [6.07, 6.45) is 1.16. The number of carbonyl (C=O) groups is 2. The van der Waals surface area contributed by atoms with Crippen LogP contribution in [0.1, 0.15) is 67.8 Å². The smallest absolute Gasteiger partial charge is 0.306 e. The van der Waals surface area contributed by atoms with Crippen LogP contribution in [-0.2, 0) is 39.3 Å². The fourth-order valence-electron chi connectivity index (χ4n) is 3.40. The van der Waals surface area contributed by atoms with Crippen LogP contribution in [0.3, 0.4) is 0 Å². The van der Waals surface area contributed by atoms with Crippen molar-refractivity contribution in [3.05, 3.63) is 64.6 Å².